The predicted molar refractivity (Wildman–Crippen MR) is 151 cm³/mol. The second-order valence-corrected chi connectivity index (χ2v) is 10.2. The van der Waals surface area contributed by atoms with Crippen LogP contribution in [0.4, 0.5) is 5.13 Å². The summed E-state index contributed by atoms with van der Waals surface area (Å²) in [6.07, 6.45) is 0. The fourth-order valence-electron chi connectivity index (χ4n) is 4.86. The van der Waals surface area contributed by atoms with Crippen molar-refractivity contribution in [2.24, 2.45) is 0 Å². The Balaban J connectivity index is 1.72. The molecule has 1 atom stereocenters. The highest BCUT2D eigenvalue weighted by Gasteiger charge is 2.48. The molecule has 2 heterocycles. The fraction of sp³-hybridized carbons (Fsp3) is 0.233. The van der Waals surface area contributed by atoms with E-state index in [1.807, 2.05) is 32.9 Å². The predicted octanol–water partition coefficient (Wildman–Crippen LogP) is 5.96. The molecule has 0 spiro atoms. The van der Waals surface area contributed by atoms with Crippen LogP contribution in [0.3, 0.4) is 0 Å². The van der Waals surface area contributed by atoms with Crippen LogP contribution in [0.25, 0.3) is 16.0 Å². The molecule has 1 aliphatic rings. The van der Waals surface area contributed by atoms with Crippen molar-refractivity contribution in [2.75, 3.05) is 25.7 Å². The van der Waals surface area contributed by atoms with Crippen LogP contribution in [0.5, 0.6) is 17.2 Å². The fourth-order valence-corrected chi connectivity index (χ4v) is 6.03. The molecular formula is C30H28N2O6S. The second-order valence-electron chi connectivity index (χ2n) is 9.17. The molecule has 8 nitrogen and oxygen atoms in total. The van der Waals surface area contributed by atoms with E-state index in [0.29, 0.717) is 40.1 Å². The summed E-state index contributed by atoms with van der Waals surface area (Å²) >= 11 is 1.33. The topological polar surface area (TPSA) is 98.2 Å². The minimum Gasteiger partial charge on any atom is -0.507 e. The van der Waals surface area contributed by atoms with E-state index >= 15 is 0 Å². The molecule has 5 rings (SSSR count). The maximum Gasteiger partial charge on any atom is 0.301 e. The Bertz CT molecular complexity index is 1620. The van der Waals surface area contributed by atoms with Crippen LogP contribution in [0.2, 0.25) is 0 Å². The van der Waals surface area contributed by atoms with Crippen molar-refractivity contribution in [1.82, 2.24) is 4.98 Å². The van der Waals surface area contributed by atoms with Gasteiger partial charge in [0.25, 0.3) is 5.78 Å². The number of fused-ring (bicyclic) bond motifs is 1. The van der Waals surface area contributed by atoms with Gasteiger partial charge in [-0.1, -0.05) is 23.5 Å². The number of rotatable bonds is 7. The number of aryl methyl sites for hydroxylation is 2. The van der Waals surface area contributed by atoms with Gasteiger partial charge in [0.15, 0.2) is 16.6 Å². The Kier molecular flexibility index (Phi) is 7.01. The van der Waals surface area contributed by atoms with Crippen LogP contribution in [0, 0.1) is 13.8 Å². The summed E-state index contributed by atoms with van der Waals surface area (Å²) in [6.45, 7) is 6.34. The van der Waals surface area contributed by atoms with Crippen molar-refractivity contribution >= 4 is 44.1 Å². The van der Waals surface area contributed by atoms with E-state index < -0.39 is 17.7 Å². The van der Waals surface area contributed by atoms with Crippen molar-refractivity contribution in [3.63, 3.8) is 0 Å². The number of anilines is 1. The standard InChI is InChI=1S/C30H28N2O6S/c1-6-38-20-10-7-18(8-11-20)27(33)24-26(19-9-12-21(36-4)22(15-19)37-5)32(29(35)28(24)34)30-31-25-17(3)13-16(2)14-23(25)39-30/h7-15,26,33H,6H2,1-5H3/t26-/m0/s1. The van der Waals surface area contributed by atoms with Gasteiger partial charge in [0.2, 0.25) is 0 Å². The smallest absolute Gasteiger partial charge is 0.301 e. The first-order valence-corrected chi connectivity index (χ1v) is 13.2. The number of Topliss-reactive ketones (excluding diaryl/α,β-unsaturated/α-hetero) is 1. The number of nitrogens with zero attached hydrogens (tertiary/aromatic N) is 2. The molecule has 1 aliphatic heterocycles. The lowest BCUT2D eigenvalue weighted by atomic mass is 9.95. The summed E-state index contributed by atoms with van der Waals surface area (Å²) in [6, 6.07) is 15.0. The average Bonchev–Trinajstić information content (AvgIpc) is 3.47. The van der Waals surface area contributed by atoms with Gasteiger partial charge in [0.1, 0.15) is 11.5 Å². The molecule has 1 amide bonds. The number of hydrogen-bond donors (Lipinski definition) is 1. The normalized spacial score (nSPS) is 16.6. The number of methoxy groups -OCH3 is 2. The molecule has 9 heteroatoms. The Hall–Kier alpha value is -4.37. The van der Waals surface area contributed by atoms with Crippen LogP contribution in [-0.4, -0.2) is 42.6 Å². The first-order valence-electron chi connectivity index (χ1n) is 12.4. The molecule has 1 fully saturated rings. The number of ether oxygens (including phenoxy) is 3. The molecule has 0 bridgehead atoms. The van der Waals surface area contributed by atoms with Crippen molar-refractivity contribution in [3.05, 3.63) is 82.4 Å². The van der Waals surface area contributed by atoms with E-state index in [9.17, 15) is 14.7 Å². The largest absolute Gasteiger partial charge is 0.507 e. The third-order valence-electron chi connectivity index (χ3n) is 6.63. The van der Waals surface area contributed by atoms with Crippen LogP contribution in [0.1, 0.15) is 35.2 Å². The first kappa shape index (κ1) is 26.2. The molecule has 0 unspecified atom stereocenters. The number of hydrogen-bond acceptors (Lipinski definition) is 8. The average molecular weight is 545 g/mol. The summed E-state index contributed by atoms with van der Waals surface area (Å²) in [4.78, 5) is 33.3. The van der Waals surface area contributed by atoms with E-state index in [-0.39, 0.29) is 11.3 Å². The first-order chi connectivity index (χ1) is 18.8. The van der Waals surface area contributed by atoms with Crippen molar-refractivity contribution < 1.29 is 28.9 Å². The van der Waals surface area contributed by atoms with Crippen molar-refractivity contribution in [1.29, 1.82) is 0 Å². The molecule has 0 radical (unpaired) electrons. The lowest BCUT2D eigenvalue weighted by molar-refractivity contribution is -0.132. The van der Waals surface area contributed by atoms with E-state index in [2.05, 4.69) is 0 Å². The molecule has 39 heavy (non-hydrogen) atoms. The zero-order chi connectivity index (χ0) is 27.8. The Morgan fingerprint density at radius 3 is 2.38 bits per heavy atom. The minimum absolute atomic E-state index is 0.0384. The zero-order valence-corrected chi connectivity index (χ0v) is 23.1. The molecule has 3 aromatic carbocycles. The van der Waals surface area contributed by atoms with Gasteiger partial charge in [-0.05, 0) is 79.9 Å². The number of aromatic nitrogens is 1. The lowest BCUT2D eigenvalue weighted by Crippen LogP contribution is -2.29. The van der Waals surface area contributed by atoms with Crippen LogP contribution in [-0.2, 0) is 9.59 Å². The number of amides is 1. The summed E-state index contributed by atoms with van der Waals surface area (Å²) in [5, 5.41) is 11.8. The van der Waals surface area contributed by atoms with Gasteiger partial charge in [-0.3, -0.25) is 14.5 Å². The highest BCUT2D eigenvalue weighted by molar-refractivity contribution is 7.22. The van der Waals surface area contributed by atoms with Crippen LogP contribution in [0.15, 0.2) is 60.2 Å². The highest BCUT2D eigenvalue weighted by atomic mass is 32.1. The van der Waals surface area contributed by atoms with Gasteiger partial charge >= 0.3 is 5.91 Å². The monoisotopic (exact) mass is 544 g/mol. The van der Waals surface area contributed by atoms with E-state index in [4.69, 9.17) is 19.2 Å². The summed E-state index contributed by atoms with van der Waals surface area (Å²) in [5.41, 5.74) is 3.72. The number of aliphatic hydroxyl groups excluding tert-OH is 1. The summed E-state index contributed by atoms with van der Waals surface area (Å²) in [7, 11) is 3.04. The summed E-state index contributed by atoms with van der Waals surface area (Å²) in [5.74, 6) is -0.296. The highest BCUT2D eigenvalue weighted by Crippen LogP contribution is 2.46. The molecule has 1 aromatic heterocycles. The Morgan fingerprint density at radius 1 is 1.00 bits per heavy atom. The quantitative estimate of drug-likeness (QED) is 0.174. The molecule has 200 valence electrons. The van der Waals surface area contributed by atoms with Crippen molar-refractivity contribution in [2.45, 2.75) is 26.8 Å². The molecule has 1 N–H and O–H groups in total. The molecule has 1 saturated heterocycles. The molecule has 0 aliphatic carbocycles. The third-order valence-corrected chi connectivity index (χ3v) is 7.63. The Morgan fingerprint density at radius 2 is 1.72 bits per heavy atom. The van der Waals surface area contributed by atoms with Gasteiger partial charge in [0, 0.05) is 5.56 Å². The van der Waals surface area contributed by atoms with E-state index in [1.54, 1.807) is 42.5 Å². The van der Waals surface area contributed by atoms with E-state index in [0.717, 1.165) is 21.3 Å². The van der Waals surface area contributed by atoms with Crippen LogP contribution >= 0.6 is 11.3 Å². The van der Waals surface area contributed by atoms with Gasteiger partial charge in [-0.15, -0.1) is 0 Å². The van der Waals surface area contributed by atoms with Gasteiger partial charge < -0.3 is 19.3 Å². The SMILES string of the molecule is CCOc1ccc(C(O)=C2C(=O)C(=O)N(c3nc4c(C)cc(C)cc4s3)[C@H]2c2ccc(OC)c(OC)c2)cc1. The van der Waals surface area contributed by atoms with Gasteiger partial charge in [-0.25, -0.2) is 4.98 Å². The maximum absolute atomic E-state index is 13.6. The number of aliphatic hydroxyl groups is 1. The number of benzene rings is 3. The molecule has 0 saturated carbocycles. The second kappa shape index (κ2) is 10.4. The summed E-state index contributed by atoms with van der Waals surface area (Å²) < 4.78 is 17.3. The van der Waals surface area contributed by atoms with Gasteiger partial charge in [-0.2, -0.15) is 0 Å². The van der Waals surface area contributed by atoms with Crippen LogP contribution < -0.4 is 19.1 Å². The molecule has 4 aromatic rings. The zero-order valence-electron chi connectivity index (χ0n) is 22.3. The maximum atomic E-state index is 13.6. The third kappa shape index (κ3) is 4.59. The number of carbonyl (C=O) groups excluding carboxylic acids is 2. The number of thiazole rings is 1. The lowest BCUT2D eigenvalue weighted by Gasteiger charge is -2.23. The Labute approximate surface area is 230 Å². The number of carbonyl (C=O) groups is 2. The van der Waals surface area contributed by atoms with E-state index in [1.165, 1.54) is 30.5 Å². The number of ketones is 1. The van der Waals surface area contributed by atoms with Crippen molar-refractivity contribution in [3.8, 4) is 17.2 Å². The molecular weight excluding hydrogens is 516 g/mol. The van der Waals surface area contributed by atoms with Gasteiger partial charge in [0.05, 0.1) is 42.7 Å². The minimum atomic E-state index is -0.946.